The number of hydrogen-bond acceptors (Lipinski definition) is 6. The third-order valence-electron chi connectivity index (χ3n) is 1.29. The Morgan fingerprint density at radius 1 is 1.12 bits per heavy atom. The highest BCUT2D eigenvalue weighted by Gasteiger charge is 2.14. The number of carboxylic acid groups (broad SMARTS) is 2. The highest BCUT2D eigenvalue weighted by atomic mass is 16.4. The fourth-order valence-electron chi connectivity index (χ4n) is 0.559. The van der Waals surface area contributed by atoms with Gasteiger partial charge < -0.3 is 31.5 Å². The van der Waals surface area contributed by atoms with Crippen molar-refractivity contribution in [2.24, 2.45) is 5.73 Å². The molecular weight excluding hydrogens is 220 g/mol. The Bertz CT molecular complexity index is 195. The Balaban J connectivity index is 0. The Labute approximate surface area is 92.7 Å². The number of nitrogens with one attached hydrogen (secondary N) is 1. The molecule has 0 amide bonds. The summed E-state index contributed by atoms with van der Waals surface area (Å²) < 4.78 is 0. The Kier molecular flexibility index (Phi) is 12.7. The number of aliphatic hydroxyl groups excluding tert-OH is 2. The number of hydrogen-bond donors (Lipinski definition) is 6. The molecule has 0 aliphatic rings. The zero-order valence-corrected chi connectivity index (χ0v) is 8.80. The summed E-state index contributed by atoms with van der Waals surface area (Å²) in [5.74, 6) is -2.50. The van der Waals surface area contributed by atoms with E-state index in [1.165, 1.54) is 0 Å². The summed E-state index contributed by atoms with van der Waals surface area (Å²) in [6.45, 7) is 1.42. The fraction of sp³-hybridized carbons (Fsp3) is 0.750. The summed E-state index contributed by atoms with van der Waals surface area (Å²) in [4.78, 5) is 19.6. The van der Waals surface area contributed by atoms with Crippen molar-refractivity contribution in [3.8, 4) is 0 Å². The predicted octanol–water partition coefficient (Wildman–Crippen LogP) is -2.57. The zero-order chi connectivity index (χ0) is 13.0. The quantitative estimate of drug-likeness (QED) is 0.265. The number of aliphatic carboxylic acids is 2. The van der Waals surface area contributed by atoms with Crippen LogP contribution in [0.2, 0.25) is 0 Å². The molecule has 0 aromatic carbocycles. The van der Waals surface area contributed by atoms with Gasteiger partial charge in [0.05, 0.1) is 19.6 Å². The average molecular weight is 238 g/mol. The molecule has 0 aromatic rings. The molecule has 8 heteroatoms. The normalized spacial score (nSPS) is 11.2. The summed E-state index contributed by atoms with van der Waals surface area (Å²) in [6.07, 6.45) is -0.532. The molecule has 0 saturated heterocycles. The van der Waals surface area contributed by atoms with E-state index in [1.807, 2.05) is 0 Å². The summed E-state index contributed by atoms with van der Waals surface area (Å²) in [7, 11) is 0. The second-order valence-electron chi connectivity index (χ2n) is 2.74. The minimum absolute atomic E-state index is 0.139. The van der Waals surface area contributed by atoms with Crippen LogP contribution >= 0.6 is 0 Å². The number of rotatable bonds is 7. The fourth-order valence-corrected chi connectivity index (χ4v) is 0.559. The molecule has 0 fully saturated rings. The lowest BCUT2D eigenvalue weighted by atomic mass is 10.2. The van der Waals surface area contributed by atoms with Crippen LogP contribution in [0.15, 0.2) is 0 Å². The Morgan fingerprint density at radius 2 is 1.56 bits per heavy atom. The van der Waals surface area contributed by atoms with Crippen molar-refractivity contribution >= 4 is 11.9 Å². The molecular formula is C8H18N2O6. The maximum atomic E-state index is 9.85. The van der Waals surface area contributed by atoms with Crippen LogP contribution in [0.4, 0.5) is 0 Å². The summed E-state index contributed by atoms with van der Waals surface area (Å²) in [5, 5.41) is 35.1. The molecule has 1 atom stereocenters. The number of carboxylic acids is 2. The molecule has 96 valence electrons. The van der Waals surface area contributed by atoms with Crippen molar-refractivity contribution in [3.05, 3.63) is 0 Å². The molecule has 0 spiro atoms. The molecule has 0 radical (unpaired) electrons. The van der Waals surface area contributed by atoms with E-state index in [9.17, 15) is 9.59 Å². The smallest absolute Gasteiger partial charge is 0.321 e. The third-order valence-corrected chi connectivity index (χ3v) is 1.29. The lowest BCUT2D eigenvalue weighted by Gasteiger charge is -1.99. The van der Waals surface area contributed by atoms with Crippen LogP contribution in [-0.2, 0) is 9.59 Å². The molecule has 0 saturated carbocycles. The lowest BCUT2D eigenvalue weighted by Crippen LogP contribution is -2.32. The van der Waals surface area contributed by atoms with Gasteiger partial charge in [0.25, 0.3) is 0 Å². The number of aliphatic hydroxyl groups is 2. The van der Waals surface area contributed by atoms with Gasteiger partial charge in [0, 0.05) is 13.1 Å². The van der Waals surface area contributed by atoms with Gasteiger partial charge in [0.2, 0.25) is 0 Å². The van der Waals surface area contributed by atoms with Gasteiger partial charge in [-0.1, -0.05) is 0 Å². The minimum atomic E-state index is -1.29. The molecule has 0 aliphatic heterocycles. The molecule has 7 N–H and O–H groups in total. The topological polar surface area (TPSA) is 153 Å². The van der Waals surface area contributed by atoms with Crippen molar-refractivity contribution in [1.29, 1.82) is 0 Å². The van der Waals surface area contributed by atoms with Crippen molar-refractivity contribution in [2.45, 2.75) is 12.5 Å². The first kappa shape index (κ1) is 17.2. The van der Waals surface area contributed by atoms with Gasteiger partial charge >= 0.3 is 11.9 Å². The summed E-state index contributed by atoms with van der Waals surface area (Å²) in [5.41, 5.74) is 4.84. The zero-order valence-electron chi connectivity index (χ0n) is 8.80. The first-order chi connectivity index (χ1) is 7.45. The SMILES string of the molecule is NC(CC(=O)O)C(=O)O.OCCNCCO. The number of nitrogens with two attached hydrogens (primary N) is 1. The first-order valence-electron chi connectivity index (χ1n) is 4.58. The van der Waals surface area contributed by atoms with E-state index in [0.717, 1.165) is 0 Å². The largest absolute Gasteiger partial charge is 0.481 e. The van der Waals surface area contributed by atoms with Gasteiger partial charge in [-0.15, -0.1) is 0 Å². The molecule has 0 aromatic heterocycles. The van der Waals surface area contributed by atoms with Gasteiger partial charge in [0.15, 0.2) is 0 Å². The van der Waals surface area contributed by atoms with Crippen molar-refractivity contribution in [1.82, 2.24) is 5.32 Å². The van der Waals surface area contributed by atoms with Gasteiger partial charge in [-0.05, 0) is 0 Å². The van der Waals surface area contributed by atoms with E-state index in [-0.39, 0.29) is 13.2 Å². The molecule has 0 rings (SSSR count). The van der Waals surface area contributed by atoms with Crippen LogP contribution in [0, 0.1) is 0 Å². The molecule has 16 heavy (non-hydrogen) atoms. The van der Waals surface area contributed by atoms with Crippen LogP contribution in [-0.4, -0.2) is 64.7 Å². The second-order valence-corrected chi connectivity index (χ2v) is 2.74. The Hall–Kier alpha value is -1.22. The molecule has 1 unspecified atom stereocenters. The number of carbonyl (C=O) groups is 2. The van der Waals surface area contributed by atoms with Crippen molar-refractivity contribution in [2.75, 3.05) is 26.3 Å². The van der Waals surface area contributed by atoms with Gasteiger partial charge in [-0.25, -0.2) is 0 Å². The van der Waals surface area contributed by atoms with E-state index >= 15 is 0 Å². The third kappa shape index (κ3) is 15.3. The molecule has 0 bridgehead atoms. The highest BCUT2D eigenvalue weighted by Crippen LogP contribution is 1.86. The maximum absolute atomic E-state index is 9.85. The van der Waals surface area contributed by atoms with Gasteiger partial charge in [0.1, 0.15) is 6.04 Å². The van der Waals surface area contributed by atoms with E-state index in [2.05, 4.69) is 5.32 Å². The molecule has 0 aliphatic carbocycles. The lowest BCUT2D eigenvalue weighted by molar-refractivity contribution is -0.144. The van der Waals surface area contributed by atoms with Crippen LogP contribution < -0.4 is 11.1 Å². The van der Waals surface area contributed by atoms with Crippen molar-refractivity contribution in [3.63, 3.8) is 0 Å². The predicted molar refractivity (Wildman–Crippen MR) is 54.9 cm³/mol. The molecule has 8 nitrogen and oxygen atoms in total. The summed E-state index contributed by atoms with van der Waals surface area (Å²) in [6, 6.07) is -1.29. The van der Waals surface area contributed by atoms with E-state index in [0.29, 0.717) is 13.1 Å². The standard InChI is InChI=1S/C4H7NO4.C4H11NO2/c5-2(4(8)9)1-3(6)7;6-3-1-5-2-4-7/h2H,1,5H2,(H,6,7)(H,8,9);5-7H,1-4H2. The van der Waals surface area contributed by atoms with E-state index < -0.39 is 24.4 Å². The minimum Gasteiger partial charge on any atom is -0.481 e. The molecule has 0 heterocycles. The van der Waals surface area contributed by atoms with Crippen LogP contribution in [0.1, 0.15) is 6.42 Å². The van der Waals surface area contributed by atoms with E-state index in [4.69, 9.17) is 26.2 Å². The first-order valence-corrected chi connectivity index (χ1v) is 4.58. The van der Waals surface area contributed by atoms with Crippen LogP contribution in [0.5, 0.6) is 0 Å². The van der Waals surface area contributed by atoms with Gasteiger partial charge in [-0.3, -0.25) is 9.59 Å². The second kappa shape index (κ2) is 11.9. The van der Waals surface area contributed by atoms with E-state index in [1.54, 1.807) is 0 Å². The van der Waals surface area contributed by atoms with Crippen LogP contribution in [0.25, 0.3) is 0 Å². The van der Waals surface area contributed by atoms with Crippen LogP contribution in [0.3, 0.4) is 0 Å². The highest BCUT2D eigenvalue weighted by molar-refractivity contribution is 5.80. The average Bonchev–Trinajstić information content (AvgIpc) is 2.18. The monoisotopic (exact) mass is 238 g/mol. The Morgan fingerprint density at radius 3 is 1.75 bits per heavy atom. The van der Waals surface area contributed by atoms with Crippen molar-refractivity contribution < 1.29 is 30.0 Å². The summed E-state index contributed by atoms with van der Waals surface area (Å²) >= 11 is 0. The maximum Gasteiger partial charge on any atom is 0.321 e. The van der Waals surface area contributed by atoms with Gasteiger partial charge in [-0.2, -0.15) is 0 Å².